The highest BCUT2D eigenvalue weighted by Gasteiger charge is 2.21. The van der Waals surface area contributed by atoms with Crippen LogP contribution < -0.4 is 0 Å². The van der Waals surface area contributed by atoms with E-state index in [1.807, 2.05) is 0 Å². The number of isocyanates is 2. The van der Waals surface area contributed by atoms with E-state index < -0.39 is 31.5 Å². The lowest BCUT2D eigenvalue weighted by Crippen LogP contribution is -2.23. The lowest BCUT2D eigenvalue weighted by atomic mass is 10.1. The first-order valence-corrected chi connectivity index (χ1v) is 5.09. The quantitative estimate of drug-likeness (QED) is 0.153. The van der Waals surface area contributed by atoms with Gasteiger partial charge in [0.1, 0.15) is 0 Å². The second-order valence-corrected chi connectivity index (χ2v) is 2.99. The molecular weight excluding hydrogens is 322 g/mol. The van der Waals surface area contributed by atoms with Crippen molar-refractivity contribution in [3.63, 3.8) is 0 Å². The van der Waals surface area contributed by atoms with Crippen molar-refractivity contribution in [2.45, 2.75) is 48.6 Å². The Hall–Kier alpha value is -3.01. The highest BCUT2D eigenvalue weighted by atomic mass is 16.7. The third kappa shape index (κ3) is 17.0. The van der Waals surface area contributed by atoms with Crippen LogP contribution in [0.5, 0.6) is 0 Å². The van der Waals surface area contributed by atoms with E-state index in [0.717, 1.165) is 12.2 Å². The Morgan fingerprint density at radius 3 is 2.17 bits per heavy atom. The summed E-state index contributed by atoms with van der Waals surface area (Å²) < 4.78 is 13.0. The van der Waals surface area contributed by atoms with Crippen LogP contribution in [0, 0.1) is 11.5 Å². The molecule has 10 nitrogen and oxygen atoms in total. The van der Waals surface area contributed by atoms with Gasteiger partial charge in [-0.15, -0.1) is 0 Å². The average molecular weight is 347 g/mol. The lowest BCUT2D eigenvalue weighted by Gasteiger charge is -2.08. The first-order chi connectivity index (χ1) is 9.65. The van der Waals surface area contributed by atoms with Crippen LogP contribution >= 0.6 is 0 Å². The Morgan fingerprint density at radius 2 is 1.67 bits per heavy atom. The summed E-state index contributed by atoms with van der Waals surface area (Å²) in [4.78, 5) is 48.5. The molecule has 1 unspecified atom stereocenters. The van der Waals surface area contributed by atoms with Crippen molar-refractivity contribution >= 4 is 24.1 Å². The first kappa shape index (κ1) is 32.8. The average Bonchev–Trinajstić information content (AvgIpc) is 2.43. The minimum absolute atomic E-state index is 0. The van der Waals surface area contributed by atoms with Gasteiger partial charge in [-0.1, -0.05) is 29.7 Å². The van der Waals surface area contributed by atoms with Crippen LogP contribution in [0.4, 0.5) is 0 Å². The molecule has 0 amide bonds. The van der Waals surface area contributed by atoms with Crippen molar-refractivity contribution in [1.29, 1.82) is 5.26 Å². The zero-order valence-corrected chi connectivity index (χ0v) is 10.1. The van der Waals surface area contributed by atoms with E-state index in [9.17, 15) is 19.2 Å². The smallest absolute Gasteiger partial charge is 0.333 e. The number of nitrogens with zero attached hydrogens (tertiary/aromatic N) is 3. The normalized spacial score (nSPS) is 8.29. The van der Waals surface area contributed by atoms with Gasteiger partial charge >= 0.3 is 11.9 Å². The van der Waals surface area contributed by atoms with E-state index in [1.165, 1.54) is 6.26 Å². The number of esters is 2. The standard InChI is InChI=1S/C10H9N3O7.4CH4/c11-3-18-7-20-9(16)2-1-8(13-5-15)10(17)19-6-12-4-14;;;;/h8H,1-2,6-7H2;4*1H4. The van der Waals surface area contributed by atoms with Gasteiger partial charge < -0.3 is 14.2 Å². The summed E-state index contributed by atoms with van der Waals surface area (Å²) in [5.41, 5.74) is 0. The number of ether oxygens (including phenoxy) is 3. The van der Waals surface area contributed by atoms with Crippen molar-refractivity contribution in [1.82, 2.24) is 0 Å². The van der Waals surface area contributed by atoms with Crippen molar-refractivity contribution in [2.75, 3.05) is 13.5 Å². The fourth-order valence-corrected chi connectivity index (χ4v) is 0.965. The zero-order chi connectivity index (χ0) is 15.2. The minimum Gasteiger partial charge on any atom is -0.440 e. The molecular formula is C14H25N3O7. The fraction of sp³-hybridized carbons (Fsp3) is 0.643. The van der Waals surface area contributed by atoms with E-state index in [1.54, 1.807) is 0 Å². The van der Waals surface area contributed by atoms with Crippen molar-refractivity contribution in [2.24, 2.45) is 9.98 Å². The Kier molecular flexibility index (Phi) is 30.4. The van der Waals surface area contributed by atoms with Crippen LogP contribution in [0.25, 0.3) is 0 Å². The molecule has 0 saturated heterocycles. The summed E-state index contributed by atoms with van der Waals surface area (Å²) in [5.74, 6) is -1.71. The number of nitriles is 1. The largest absolute Gasteiger partial charge is 0.440 e. The predicted molar refractivity (Wildman–Crippen MR) is 84.8 cm³/mol. The number of carbonyl (C=O) groups is 2. The van der Waals surface area contributed by atoms with Crippen LogP contribution in [0.3, 0.4) is 0 Å². The molecule has 0 aromatic carbocycles. The van der Waals surface area contributed by atoms with E-state index >= 15 is 0 Å². The maximum absolute atomic E-state index is 11.4. The fourth-order valence-electron chi connectivity index (χ4n) is 0.965. The molecule has 0 aromatic heterocycles. The van der Waals surface area contributed by atoms with Gasteiger partial charge in [0, 0.05) is 6.42 Å². The predicted octanol–water partition coefficient (Wildman–Crippen LogP) is 1.85. The van der Waals surface area contributed by atoms with Gasteiger partial charge in [-0.3, -0.25) is 4.79 Å². The molecule has 0 rings (SSSR count). The minimum atomic E-state index is -1.27. The highest BCUT2D eigenvalue weighted by molar-refractivity contribution is 5.78. The van der Waals surface area contributed by atoms with Gasteiger partial charge in [0.2, 0.25) is 19.0 Å². The topological polar surface area (TPSA) is 144 Å². The third-order valence-electron chi connectivity index (χ3n) is 1.78. The maximum Gasteiger partial charge on any atom is 0.333 e. The van der Waals surface area contributed by atoms with Gasteiger partial charge in [-0.2, -0.15) is 15.2 Å². The Labute approximate surface area is 142 Å². The van der Waals surface area contributed by atoms with Crippen LogP contribution in [-0.4, -0.2) is 43.7 Å². The molecule has 0 bridgehead atoms. The van der Waals surface area contributed by atoms with Crippen LogP contribution in [0.1, 0.15) is 42.5 Å². The summed E-state index contributed by atoms with van der Waals surface area (Å²) >= 11 is 0. The molecule has 0 saturated carbocycles. The second-order valence-electron chi connectivity index (χ2n) is 2.99. The summed E-state index contributed by atoms with van der Waals surface area (Å²) in [5, 5.41) is 8.02. The Morgan fingerprint density at radius 1 is 1.04 bits per heavy atom. The maximum atomic E-state index is 11.4. The first-order valence-electron chi connectivity index (χ1n) is 5.09. The van der Waals surface area contributed by atoms with Crippen LogP contribution in [0.2, 0.25) is 0 Å². The number of rotatable bonds is 9. The summed E-state index contributed by atoms with van der Waals surface area (Å²) in [6.45, 7) is -1.11. The number of hydrogen-bond donors (Lipinski definition) is 0. The molecule has 0 aliphatic rings. The van der Waals surface area contributed by atoms with Crippen LogP contribution in [0.15, 0.2) is 9.98 Å². The number of carbonyl (C=O) groups excluding carboxylic acids is 4. The third-order valence-corrected chi connectivity index (χ3v) is 1.78. The van der Waals surface area contributed by atoms with Crippen molar-refractivity contribution in [3.05, 3.63) is 0 Å². The van der Waals surface area contributed by atoms with Gasteiger partial charge in [-0.05, 0) is 6.42 Å². The Balaban J connectivity index is -0.000000301. The van der Waals surface area contributed by atoms with E-state index in [-0.39, 0.29) is 42.5 Å². The molecule has 0 aliphatic carbocycles. The monoisotopic (exact) mass is 347 g/mol. The molecule has 0 aromatic rings. The van der Waals surface area contributed by atoms with E-state index in [0.29, 0.717) is 0 Å². The van der Waals surface area contributed by atoms with E-state index in [2.05, 4.69) is 24.2 Å². The molecule has 0 radical (unpaired) electrons. The summed E-state index contributed by atoms with van der Waals surface area (Å²) in [6.07, 6.45) is 3.16. The molecule has 138 valence electrons. The second kappa shape index (κ2) is 22.3. The molecule has 0 N–H and O–H groups in total. The van der Waals surface area contributed by atoms with Gasteiger partial charge in [0.25, 0.3) is 6.26 Å². The Bertz CT molecular complexity index is 475. The molecule has 0 heterocycles. The summed E-state index contributed by atoms with van der Waals surface area (Å²) in [7, 11) is 0. The molecule has 0 aliphatic heterocycles. The zero-order valence-electron chi connectivity index (χ0n) is 10.1. The van der Waals surface area contributed by atoms with E-state index in [4.69, 9.17) is 5.26 Å². The number of aliphatic imine (C=N–C) groups is 2. The molecule has 24 heavy (non-hydrogen) atoms. The lowest BCUT2D eigenvalue weighted by molar-refractivity contribution is -0.152. The molecule has 0 spiro atoms. The SMILES string of the molecule is C.C.C.C.N#COCOC(=O)CCC(N=C=O)C(=O)OCN=C=O. The highest BCUT2D eigenvalue weighted by Crippen LogP contribution is 2.05. The molecule has 1 atom stereocenters. The number of hydrogen-bond acceptors (Lipinski definition) is 10. The van der Waals surface area contributed by atoms with Gasteiger partial charge in [0.15, 0.2) is 12.8 Å². The van der Waals surface area contributed by atoms with Crippen molar-refractivity contribution < 1.29 is 33.4 Å². The van der Waals surface area contributed by atoms with Gasteiger partial charge in [0.05, 0.1) is 0 Å². The molecule has 10 heteroatoms. The van der Waals surface area contributed by atoms with Gasteiger partial charge in [-0.25, -0.2) is 14.4 Å². The summed E-state index contributed by atoms with van der Waals surface area (Å²) in [6, 6.07) is -1.27. The molecule has 0 fully saturated rings. The van der Waals surface area contributed by atoms with Crippen molar-refractivity contribution in [3.8, 4) is 6.26 Å². The van der Waals surface area contributed by atoms with Crippen LogP contribution in [-0.2, 0) is 33.4 Å².